The lowest BCUT2D eigenvalue weighted by molar-refractivity contribution is -0.149. The van der Waals surface area contributed by atoms with Crippen LogP contribution in [0.15, 0.2) is 18.2 Å². The molecule has 1 spiro atoms. The van der Waals surface area contributed by atoms with E-state index in [4.69, 9.17) is 5.11 Å². The first-order valence-corrected chi connectivity index (χ1v) is 8.05. The van der Waals surface area contributed by atoms with Gasteiger partial charge in [-0.15, -0.1) is 0 Å². The highest BCUT2D eigenvalue weighted by atomic mass is 16.4. The zero-order valence-corrected chi connectivity index (χ0v) is 13.8. The van der Waals surface area contributed by atoms with Crippen molar-refractivity contribution >= 4 is 23.5 Å². The van der Waals surface area contributed by atoms with Crippen LogP contribution < -0.4 is 10.6 Å². The van der Waals surface area contributed by atoms with E-state index < -0.39 is 17.7 Å². The third-order valence-electron chi connectivity index (χ3n) is 4.84. The monoisotopic (exact) mass is 331 g/mol. The number of carbonyl (C=O) groups excluding carboxylic acids is 2. The van der Waals surface area contributed by atoms with Gasteiger partial charge in [0, 0.05) is 25.1 Å². The van der Waals surface area contributed by atoms with E-state index in [2.05, 4.69) is 10.6 Å². The van der Waals surface area contributed by atoms with Crippen molar-refractivity contribution in [3.8, 4) is 0 Å². The Labute approximate surface area is 140 Å². The second-order valence-corrected chi connectivity index (χ2v) is 6.56. The maximum atomic E-state index is 12.4. The van der Waals surface area contributed by atoms with Gasteiger partial charge in [0.05, 0.1) is 5.56 Å². The van der Waals surface area contributed by atoms with Gasteiger partial charge in [0.1, 0.15) is 11.7 Å². The summed E-state index contributed by atoms with van der Waals surface area (Å²) in [5.41, 5.74) is 1.65. The highest BCUT2D eigenvalue weighted by molar-refractivity contribution is 6.02. The molecule has 2 aliphatic rings. The van der Waals surface area contributed by atoms with Crippen LogP contribution in [0.5, 0.6) is 0 Å². The third kappa shape index (κ3) is 2.81. The first-order chi connectivity index (χ1) is 11.3. The molecule has 2 atom stereocenters. The van der Waals surface area contributed by atoms with Crippen LogP contribution in [-0.2, 0) is 9.59 Å². The SMILES string of the molecule is Cc1ccc2c(c1)N[C@]1(CCC(=O)N([C@H](C)C(=O)O)CC1)NC2=O. The van der Waals surface area contributed by atoms with E-state index in [1.54, 1.807) is 6.07 Å². The molecule has 7 heteroatoms. The van der Waals surface area contributed by atoms with Gasteiger partial charge in [-0.2, -0.15) is 0 Å². The first kappa shape index (κ1) is 16.3. The standard InChI is InChI=1S/C17H21N3O4/c1-10-3-4-12-13(9-10)18-17(19-15(12)22)6-5-14(21)20(8-7-17)11(2)16(23)24/h3-4,9,11,18H,5-8H2,1-2H3,(H,19,22)(H,23,24)/t11-,17-/m1/s1. The molecule has 0 unspecified atom stereocenters. The lowest BCUT2D eigenvalue weighted by atomic mass is 9.94. The number of rotatable bonds is 2. The zero-order valence-electron chi connectivity index (χ0n) is 13.8. The predicted molar refractivity (Wildman–Crippen MR) is 87.7 cm³/mol. The Hall–Kier alpha value is -2.57. The number of likely N-dealkylation sites (tertiary alicyclic amines) is 1. The Kier molecular flexibility index (Phi) is 3.95. The zero-order chi connectivity index (χ0) is 17.5. The van der Waals surface area contributed by atoms with E-state index in [9.17, 15) is 14.4 Å². The van der Waals surface area contributed by atoms with Crippen LogP contribution in [0.25, 0.3) is 0 Å². The van der Waals surface area contributed by atoms with Gasteiger partial charge in [0.2, 0.25) is 5.91 Å². The summed E-state index contributed by atoms with van der Waals surface area (Å²) in [7, 11) is 0. The first-order valence-electron chi connectivity index (χ1n) is 8.05. The molecule has 3 rings (SSSR count). The molecule has 24 heavy (non-hydrogen) atoms. The number of benzene rings is 1. The largest absolute Gasteiger partial charge is 0.480 e. The molecule has 0 radical (unpaired) electrons. The Balaban J connectivity index is 1.86. The third-order valence-corrected chi connectivity index (χ3v) is 4.84. The molecular formula is C17H21N3O4. The van der Waals surface area contributed by atoms with Crippen molar-refractivity contribution in [2.45, 2.75) is 44.8 Å². The number of aryl methyl sites for hydroxylation is 1. The highest BCUT2D eigenvalue weighted by Crippen LogP contribution is 2.32. The Morgan fingerprint density at radius 2 is 2.04 bits per heavy atom. The van der Waals surface area contributed by atoms with Gasteiger partial charge in [-0.25, -0.2) is 4.79 Å². The number of carboxylic acids is 1. The summed E-state index contributed by atoms with van der Waals surface area (Å²) in [4.78, 5) is 37.3. The minimum Gasteiger partial charge on any atom is -0.480 e. The molecule has 7 nitrogen and oxygen atoms in total. The molecule has 2 heterocycles. The van der Waals surface area contributed by atoms with Crippen molar-refractivity contribution in [3.05, 3.63) is 29.3 Å². The summed E-state index contributed by atoms with van der Waals surface area (Å²) in [5, 5.41) is 15.5. The number of amides is 2. The Morgan fingerprint density at radius 3 is 2.75 bits per heavy atom. The van der Waals surface area contributed by atoms with Gasteiger partial charge in [0.25, 0.3) is 5.91 Å². The number of fused-ring (bicyclic) bond motifs is 1. The predicted octanol–water partition coefficient (Wildman–Crippen LogP) is 1.33. The van der Waals surface area contributed by atoms with Crippen molar-refractivity contribution in [2.24, 2.45) is 0 Å². The molecule has 2 amide bonds. The van der Waals surface area contributed by atoms with Gasteiger partial charge < -0.3 is 20.6 Å². The van der Waals surface area contributed by atoms with Gasteiger partial charge >= 0.3 is 5.97 Å². The molecule has 0 aliphatic carbocycles. The number of nitrogens with zero attached hydrogens (tertiary/aromatic N) is 1. The molecule has 0 bridgehead atoms. The molecule has 1 fully saturated rings. The summed E-state index contributed by atoms with van der Waals surface area (Å²) in [6.07, 6.45) is 1.06. The van der Waals surface area contributed by atoms with Crippen LogP contribution in [0.4, 0.5) is 5.69 Å². The van der Waals surface area contributed by atoms with Crippen molar-refractivity contribution in [2.75, 3.05) is 11.9 Å². The maximum absolute atomic E-state index is 12.4. The van der Waals surface area contributed by atoms with Crippen molar-refractivity contribution < 1.29 is 19.5 Å². The van der Waals surface area contributed by atoms with E-state index in [0.717, 1.165) is 11.3 Å². The fourth-order valence-corrected chi connectivity index (χ4v) is 3.35. The molecule has 1 aromatic rings. The van der Waals surface area contributed by atoms with E-state index >= 15 is 0 Å². The number of aliphatic carboxylic acids is 1. The summed E-state index contributed by atoms with van der Waals surface area (Å²) >= 11 is 0. The number of anilines is 1. The quantitative estimate of drug-likeness (QED) is 0.759. The van der Waals surface area contributed by atoms with E-state index in [-0.39, 0.29) is 24.8 Å². The van der Waals surface area contributed by atoms with E-state index in [1.807, 2.05) is 19.1 Å². The van der Waals surface area contributed by atoms with Crippen LogP contribution in [0.2, 0.25) is 0 Å². The van der Waals surface area contributed by atoms with Crippen molar-refractivity contribution in [1.82, 2.24) is 10.2 Å². The van der Waals surface area contributed by atoms with E-state index in [0.29, 0.717) is 18.4 Å². The number of hydrogen-bond donors (Lipinski definition) is 3. The molecule has 1 saturated heterocycles. The van der Waals surface area contributed by atoms with Gasteiger partial charge in [-0.3, -0.25) is 9.59 Å². The summed E-state index contributed by atoms with van der Waals surface area (Å²) < 4.78 is 0. The summed E-state index contributed by atoms with van der Waals surface area (Å²) in [5.74, 6) is -1.40. The average molecular weight is 331 g/mol. The second-order valence-electron chi connectivity index (χ2n) is 6.56. The van der Waals surface area contributed by atoms with Crippen LogP contribution >= 0.6 is 0 Å². The fourth-order valence-electron chi connectivity index (χ4n) is 3.35. The topological polar surface area (TPSA) is 98.7 Å². The number of nitrogens with one attached hydrogen (secondary N) is 2. The lowest BCUT2D eigenvalue weighted by Gasteiger charge is -2.40. The van der Waals surface area contributed by atoms with Crippen LogP contribution in [0.3, 0.4) is 0 Å². The normalized spacial score (nSPS) is 24.7. The smallest absolute Gasteiger partial charge is 0.326 e. The molecule has 3 N–H and O–H groups in total. The van der Waals surface area contributed by atoms with Crippen LogP contribution in [-0.4, -0.2) is 46.0 Å². The molecular weight excluding hydrogens is 310 g/mol. The van der Waals surface area contributed by atoms with Crippen molar-refractivity contribution in [1.29, 1.82) is 0 Å². The van der Waals surface area contributed by atoms with Gasteiger partial charge in [-0.05, 0) is 38.0 Å². The average Bonchev–Trinajstić information content (AvgIpc) is 2.66. The van der Waals surface area contributed by atoms with Crippen LogP contribution in [0.1, 0.15) is 42.1 Å². The second kappa shape index (κ2) is 5.81. The molecule has 1 aromatic carbocycles. The molecule has 0 saturated carbocycles. The highest BCUT2D eigenvalue weighted by Gasteiger charge is 2.41. The number of hydrogen-bond acceptors (Lipinski definition) is 4. The summed E-state index contributed by atoms with van der Waals surface area (Å²) in [6, 6.07) is 4.70. The van der Waals surface area contributed by atoms with Crippen LogP contribution in [0, 0.1) is 6.92 Å². The Morgan fingerprint density at radius 1 is 1.29 bits per heavy atom. The molecule has 2 aliphatic heterocycles. The van der Waals surface area contributed by atoms with Gasteiger partial charge in [0.15, 0.2) is 0 Å². The minimum absolute atomic E-state index is 0.170. The summed E-state index contributed by atoms with van der Waals surface area (Å²) in [6.45, 7) is 3.73. The molecule has 128 valence electrons. The lowest BCUT2D eigenvalue weighted by Crippen LogP contribution is -2.58. The van der Waals surface area contributed by atoms with Crippen molar-refractivity contribution in [3.63, 3.8) is 0 Å². The molecule has 0 aromatic heterocycles. The fraction of sp³-hybridized carbons (Fsp3) is 0.471. The van der Waals surface area contributed by atoms with E-state index in [1.165, 1.54) is 11.8 Å². The van der Waals surface area contributed by atoms with Gasteiger partial charge in [-0.1, -0.05) is 6.07 Å². The Bertz CT molecular complexity index is 718. The number of carbonyl (C=O) groups is 3. The minimum atomic E-state index is -1.03. The number of carboxylic acid groups (broad SMARTS) is 1. The maximum Gasteiger partial charge on any atom is 0.326 e.